The Morgan fingerprint density at radius 3 is 2.52 bits per heavy atom. The van der Waals surface area contributed by atoms with Crippen LogP contribution in [0, 0.1) is 12.8 Å². The number of rotatable bonds is 0. The fourth-order valence-corrected chi connectivity index (χ4v) is 2.66. The molecule has 0 fully saturated rings. The minimum Gasteiger partial charge on any atom is -0.384 e. The average Bonchev–Trinajstić information content (AvgIpc) is 2.48. The van der Waals surface area contributed by atoms with Crippen molar-refractivity contribution >= 4 is 17.4 Å². The van der Waals surface area contributed by atoms with Crippen LogP contribution in [0.2, 0.25) is 0 Å². The molecule has 1 aromatic carbocycles. The molecule has 5 heteroatoms. The number of fused-ring (bicyclic) bond motifs is 1. The molecular formula is C18H22FN3O. The average molecular weight is 315 g/mol. The monoisotopic (exact) mass is 315 g/mol. The summed E-state index contributed by atoms with van der Waals surface area (Å²) in [5.74, 6) is 0.218. The predicted octanol–water partition coefficient (Wildman–Crippen LogP) is 3.50. The summed E-state index contributed by atoms with van der Waals surface area (Å²) in [5, 5.41) is 0. The van der Waals surface area contributed by atoms with E-state index in [0.29, 0.717) is 12.2 Å². The van der Waals surface area contributed by atoms with Gasteiger partial charge in [0.2, 0.25) is 5.91 Å². The number of aryl methyl sites for hydroxylation is 1. The number of para-hydroxylation sites is 1. The van der Waals surface area contributed by atoms with Crippen molar-refractivity contribution in [3.8, 4) is 0 Å². The lowest BCUT2D eigenvalue weighted by Crippen LogP contribution is -2.44. The maximum absolute atomic E-state index is 13.9. The zero-order valence-electron chi connectivity index (χ0n) is 13.7. The van der Waals surface area contributed by atoms with Crippen molar-refractivity contribution < 1.29 is 9.18 Å². The molecule has 0 spiro atoms. The van der Waals surface area contributed by atoms with Gasteiger partial charge in [-0.05, 0) is 37.1 Å². The lowest BCUT2D eigenvalue weighted by Gasteiger charge is -2.35. The van der Waals surface area contributed by atoms with E-state index in [4.69, 9.17) is 5.73 Å². The standard InChI is InChI=1S/C12H14FNO.C6H8N2/c1-8-7-10-5-3-4-6-11(10)14(9(2)15)12(8)13;1-5-3-2-4-6(7)8-5/h3-6,8,12H,7H2,1-2H3;2-4H,1H3,(H2,7,8)/t8?,12-;/m1./s1. The van der Waals surface area contributed by atoms with Gasteiger partial charge in [0.15, 0.2) is 6.30 Å². The second-order valence-electron chi connectivity index (χ2n) is 5.78. The summed E-state index contributed by atoms with van der Waals surface area (Å²) in [7, 11) is 0. The van der Waals surface area contributed by atoms with Gasteiger partial charge in [-0.1, -0.05) is 31.2 Å². The summed E-state index contributed by atoms with van der Waals surface area (Å²) in [6.45, 7) is 5.15. The first-order chi connectivity index (χ1) is 10.9. The van der Waals surface area contributed by atoms with Gasteiger partial charge in [-0.3, -0.25) is 9.69 Å². The molecule has 0 radical (unpaired) electrons. The van der Waals surface area contributed by atoms with Crippen LogP contribution in [0.1, 0.15) is 25.1 Å². The van der Waals surface area contributed by atoms with Crippen LogP contribution in [0.5, 0.6) is 0 Å². The van der Waals surface area contributed by atoms with Gasteiger partial charge >= 0.3 is 0 Å². The van der Waals surface area contributed by atoms with Crippen molar-refractivity contribution in [3.63, 3.8) is 0 Å². The number of hydrogen-bond donors (Lipinski definition) is 1. The zero-order chi connectivity index (χ0) is 17.0. The van der Waals surface area contributed by atoms with Crippen molar-refractivity contribution in [3.05, 3.63) is 53.7 Å². The number of alkyl halides is 1. The molecular weight excluding hydrogens is 293 g/mol. The molecule has 1 aliphatic rings. The van der Waals surface area contributed by atoms with E-state index in [2.05, 4.69) is 4.98 Å². The van der Waals surface area contributed by atoms with Crippen LogP contribution in [-0.4, -0.2) is 17.2 Å². The highest BCUT2D eigenvalue weighted by molar-refractivity contribution is 5.93. The molecule has 2 aromatic rings. The number of anilines is 2. The number of carbonyl (C=O) groups excluding carboxylic acids is 1. The predicted molar refractivity (Wildman–Crippen MR) is 90.8 cm³/mol. The third-order valence-electron chi connectivity index (χ3n) is 3.76. The second-order valence-corrected chi connectivity index (χ2v) is 5.78. The molecule has 0 saturated heterocycles. The van der Waals surface area contributed by atoms with E-state index in [0.717, 1.165) is 16.9 Å². The number of benzene rings is 1. The van der Waals surface area contributed by atoms with Crippen LogP contribution < -0.4 is 10.6 Å². The zero-order valence-corrected chi connectivity index (χ0v) is 13.7. The molecule has 4 nitrogen and oxygen atoms in total. The van der Waals surface area contributed by atoms with Gasteiger partial charge in [-0.2, -0.15) is 0 Å². The SMILES string of the molecule is CC(=O)N1c2ccccc2CC(C)[C@@H]1F.Cc1cccc(N)n1. The van der Waals surface area contributed by atoms with Gasteiger partial charge in [0, 0.05) is 24.2 Å². The van der Waals surface area contributed by atoms with Gasteiger partial charge in [0.05, 0.1) is 0 Å². The topological polar surface area (TPSA) is 59.2 Å². The summed E-state index contributed by atoms with van der Waals surface area (Å²) >= 11 is 0. The van der Waals surface area contributed by atoms with E-state index in [9.17, 15) is 9.18 Å². The summed E-state index contributed by atoms with van der Waals surface area (Å²) < 4.78 is 13.9. The summed E-state index contributed by atoms with van der Waals surface area (Å²) in [4.78, 5) is 16.6. The van der Waals surface area contributed by atoms with Crippen LogP contribution in [0.3, 0.4) is 0 Å². The molecule has 2 heterocycles. The molecule has 0 bridgehead atoms. The minimum absolute atomic E-state index is 0.135. The number of nitrogens with zero attached hydrogens (tertiary/aromatic N) is 2. The van der Waals surface area contributed by atoms with E-state index in [1.165, 1.54) is 11.8 Å². The molecule has 1 aromatic heterocycles. The highest BCUT2D eigenvalue weighted by atomic mass is 19.1. The maximum atomic E-state index is 13.9. The molecule has 2 atom stereocenters. The van der Waals surface area contributed by atoms with E-state index >= 15 is 0 Å². The van der Waals surface area contributed by atoms with Gasteiger partial charge in [-0.25, -0.2) is 9.37 Å². The van der Waals surface area contributed by atoms with Crippen molar-refractivity contribution in [1.29, 1.82) is 0 Å². The summed E-state index contributed by atoms with van der Waals surface area (Å²) in [6, 6.07) is 13.1. The minimum atomic E-state index is -1.20. The molecule has 1 amide bonds. The molecule has 3 rings (SSSR count). The third kappa shape index (κ3) is 4.06. The quantitative estimate of drug-likeness (QED) is 0.757. The van der Waals surface area contributed by atoms with Crippen molar-refractivity contribution in [2.75, 3.05) is 10.6 Å². The molecule has 1 unspecified atom stereocenters. The van der Waals surface area contributed by atoms with Crippen molar-refractivity contribution in [2.45, 2.75) is 33.5 Å². The Morgan fingerprint density at radius 2 is 1.96 bits per heavy atom. The van der Waals surface area contributed by atoms with Crippen LogP contribution in [-0.2, 0) is 11.2 Å². The van der Waals surface area contributed by atoms with Crippen LogP contribution in [0.4, 0.5) is 15.9 Å². The fraction of sp³-hybridized carbons (Fsp3) is 0.333. The Morgan fingerprint density at radius 1 is 1.26 bits per heavy atom. The molecule has 122 valence electrons. The highest BCUT2D eigenvalue weighted by Gasteiger charge is 2.33. The normalized spacial score (nSPS) is 19.4. The van der Waals surface area contributed by atoms with E-state index in [1.54, 1.807) is 12.1 Å². The maximum Gasteiger partial charge on any atom is 0.226 e. The Bertz CT molecular complexity index is 672. The van der Waals surface area contributed by atoms with Crippen LogP contribution in [0.15, 0.2) is 42.5 Å². The van der Waals surface area contributed by atoms with Crippen LogP contribution >= 0.6 is 0 Å². The van der Waals surface area contributed by atoms with Crippen molar-refractivity contribution in [1.82, 2.24) is 4.98 Å². The largest absolute Gasteiger partial charge is 0.384 e. The lowest BCUT2D eigenvalue weighted by molar-refractivity contribution is -0.118. The first kappa shape index (κ1) is 16.9. The van der Waals surface area contributed by atoms with Gasteiger partial charge in [0.1, 0.15) is 5.82 Å². The number of nitrogens with two attached hydrogens (primary N) is 1. The number of halogens is 1. The first-order valence-corrected chi connectivity index (χ1v) is 7.61. The van der Waals surface area contributed by atoms with Gasteiger partial charge in [-0.15, -0.1) is 0 Å². The molecule has 0 saturated carbocycles. The lowest BCUT2D eigenvalue weighted by atomic mass is 9.93. The molecule has 2 N–H and O–H groups in total. The summed E-state index contributed by atoms with van der Waals surface area (Å²) in [5.41, 5.74) is 8.08. The van der Waals surface area contributed by atoms with Crippen molar-refractivity contribution in [2.24, 2.45) is 5.92 Å². The van der Waals surface area contributed by atoms with E-state index in [1.807, 2.05) is 44.2 Å². The Hall–Kier alpha value is -2.43. The van der Waals surface area contributed by atoms with E-state index in [-0.39, 0.29) is 11.8 Å². The molecule has 0 aliphatic carbocycles. The van der Waals surface area contributed by atoms with Crippen LogP contribution in [0.25, 0.3) is 0 Å². The van der Waals surface area contributed by atoms with E-state index < -0.39 is 6.30 Å². The number of amides is 1. The number of pyridine rings is 1. The summed E-state index contributed by atoms with van der Waals surface area (Å²) in [6.07, 6.45) is -0.501. The smallest absolute Gasteiger partial charge is 0.226 e. The number of carbonyl (C=O) groups is 1. The third-order valence-corrected chi connectivity index (χ3v) is 3.76. The first-order valence-electron chi connectivity index (χ1n) is 7.61. The number of nitrogen functional groups attached to an aromatic ring is 1. The number of aromatic nitrogens is 1. The Kier molecular flexibility index (Phi) is 5.32. The van der Waals surface area contributed by atoms with Gasteiger partial charge in [0.25, 0.3) is 0 Å². The Labute approximate surface area is 136 Å². The number of hydrogen-bond acceptors (Lipinski definition) is 3. The fourth-order valence-electron chi connectivity index (χ4n) is 2.66. The molecule has 1 aliphatic heterocycles. The highest BCUT2D eigenvalue weighted by Crippen LogP contribution is 2.34. The second kappa shape index (κ2) is 7.22. The molecule has 23 heavy (non-hydrogen) atoms. The van der Waals surface area contributed by atoms with Gasteiger partial charge < -0.3 is 5.73 Å². The Balaban J connectivity index is 0.000000203.